The van der Waals surface area contributed by atoms with Crippen LogP contribution in [0.5, 0.6) is 0 Å². The number of rotatable bonds is 7. The molecule has 0 radical (unpaired) electrons. The van der Waals surface area contributed by atoms with Gasteiger partial charge in [-0.2, -0.15) is 0 Å². The molecule has 0 saturated heterocycles. The number of hydrogen-bond acceptors (Lipinski definition) is 8. The zero-order chi connectivity index (χ0) is 18.6. The average Bonchev–Trinajstić information content (AvgIpc) is 3.00. The predicted molar refractivity (Wildman–Crippen MR) is 90.6 cm³/mol. The van der Waals surface area contributed by atoms with Gasteiger partial charge in [0.05, 0.1) is 15.9 Å². The van der Waals surface area contributed by atoms with Gasteiger partial charge in [-0.05, 0) is 50.9 Å². The van der Waals surface area contributed by atoms with Gasteiger partial charge in [0.2, 0.25) is 15.8 Å². The minimum absolute atomic E-state index is 0.0413. The van der Waals surface area contributed by atoms with Crippen LogP contribution in [-0.2, 0) is 10.0 Å². The lowest BCUT2D eigenvalue weighted by Gasteiger charge is -2.16. The van der Waals surface area contributed by atoms with Gasteiger partial charge in [0.1, 0.15) is 5.82 Å². The van der Waals surface area contributed by atoms with Crippen LogP contribution >= 0.6 is 15.9 Å². The molecule has 1 heterocycles. The molecule has 0 atom stereocenters. The Balaban J connectivity index is 2.07. The molecule has 0 bridgehead atoms. The first-order valence-corrected chi connectivity index (χ1v) is 9.30. The highest BCUT2D eigenvalue weighted by Crippen LogP contribution is 2.24. The molecule has 2 rings (SSSR count). The Bertz CT molecular complexity index is 874. The third-order valence-electron chi connectivity index (χ3n) is 2.97. The van der Waals surface area contributed by atoms with Crippen LogP contribution < -0.4 is 15.5 Å². The van der Waals surface area contributed by atoms with Crippen molar-refractivity contribution in [1.82, 2.24) is 10.3 Å². The first kappa shape index (κ1) is 19.2. The molecule has 0 aliphatic carbocycles. The maximum atomic E-state index is 13.3. The van der Waals surface area contributed by atoms with Crippen LogP contribution in [-0.4, -0.2) is 42.1 Å². The number of hydroxylamine groups is 1. The van der Waals surface area contributed by atoms with Gasteiger partial charge in [-0.15, -0.1) is 0 Å². The zero-order valence-electron chi connectivity index (χ0n) is 12.6. The van der Waals surface area contributed by atoms with Crippen LogP contribution in [0, 0.1) is 11.2 Å². The first-order valence-electron chi connectivity index (χ1n) is 6.79. The lowest BCUT2D eigenvalue weighted by atomic mass is 10.3. The summed E-state index contributed by atoms with van der Waals surface area (Å²) < 4.78 is 39.6. The summed E-state index contributed by atoms with van der Waals surface area (Å²) in [4.78, 5) is 0. The SMILES string of the molecule is N=C(c1nonc1NCCCS(N)(=O)=O)N(O)c1ccc(F)c(Br)c1. The molecule has 136 valence electrons. The summed E-state index contributed by atoms with van der Waals surface area (Å²) in [7, 11) is -3.57. The van der Waals surface area contributed by atoms with Crippen molar-refractivity contribution < 1.29 is 22.6 Å². The Labute approximate surface area is 150 Å². The Morgan fingerprint density at radius 2 is 2.20 bits per heavy atom. The van der Waals surface area contributed by atoms with Gasteiger partial charge in [-0.25, -0.2) is 27.6 Å². The zero-order valence-corrected chi connectivity index (χ0v) is 15.0. The summed E-state index contributed by atoms with van der Waals surface area (Å²) in [6.07, 6.45) is 0.201. The van der Waals surface area contributed by atoms with Gasteiger partial charge in [0.25, 0.3) is 0 Å². The normalized spacial score (nSPS) is 11.4. The molecule has 0 aliphatic heterocycles. The highest BCUT2D eigenvalue weighted by molar-refractivity contribution is 9.10. The maximum Gasteiger partial charge on any atom is 0.209 e. The third kappa shape index (κ3) is 5.19. The van der Waals surface area contributed by atoms with Crippen molar-refractivity contribution in [3.05, 3.63) is 34.2 Å². The highest BCUT2D eigenvalue weighted by Gasteiger charge is 2.21. The summed E-state index contributed by atoms with van der Waals surface area (Å²) in [6.45, 7) is 0.179. The number of aromatic nitrogens is 2. The number of nitrogens with one attached hydrogen (secondary N) is 2. The van der Waals surface area contributed by atoms with Crippen molar-refractivity contribution >= 4 is 43.3 Å². The van der Waals surface area contributed by atoms with Crippen molar-refractivity contribution in [3.63, 3.8) is 0 Å². The molecule has 13 heteroatoms. The first-order chi connectivity index (χ1) is 11.7. The molecule has 0 unspecified atom stereocenters. The van der Waals surface area contributed by atoms with E-state index in [0.29, 0.717) is 5.06 Å². The monoisotopic (exact) mass is 436 g/mol. The molecule has 1 aromatic heterocycles. The van der Waals surface area contributed by atoms with Gasteiger partial charge < -0.3 is 5.32 Å². The number of hydrogen-bond donors (Lipinski definition) is 4. The fourth-order valence-corrected chi connectivity index (χ4v) is 2.70. The number of primary sulfonamides is 1. The van der Waals surface area contributed by atoms with Gasteiger partial charge in [-0.3, -0.25) is 10.6 Å². The van der Waals surface area contributed by atoms with Crippen LogP contribution in [0.3, 0.4) is 0 Å². The molecular weight excluding hydrogens is 423 g/mol. The van der Waals surface area contributed by atoms with Crippen molar-refractivity contribution in [3.8, 4) is 0 Å². The van der Waals surface area contributed by atoms with Gasteiger partial charge in [-0.1, -0.05) is 0 Å². The summed E-state index contributed by atoms with van der Waals surface area (Å²) in [5, 5.41) is 33.3. The van der Waals surface area contributed by atoms with Gasteiger partial charge in [0, 0.05) is 6.54 Å². The fraction of sp³-hybridized carbons (Fsp3) is 0.250. The number of benzene rings is 1. The second-order valence-electron chi connectivity index (χ2n) is 4.87. The predicted octanol–water partition coefficient (Wildman–Crippen LogP) is 1.28. The largest absolute Gasteiger partial charge is 0.365 e. The number of amidine groups is 1. The standard InChI is InChI=1S/C12H14BrFN6O4S/c13-8-6-7(2-3-9(8)14)20(21)11(15)10-12(19-24-18-10)17-4-1-5-25(16,22)23/h2-3,6,15,21H,1,4-5H2,(H,17,19)(H2,16,22,23). The molecular formula is C12H14BrFN6O4S. The van der Waals surface area contributed by atoms with E-state index in [1.807, 2.05) is 0 Å². The van der Waals surface area contributed by atoms with Crippen molar-refractivity contribution in [2.45, 2.75) is 6.42 Å². The number of nitrogens with two attached hydrogens (primary N) is 1. The molecule has 1 aromatic carbocycles. The van der Waals surface area contributed by atoms with E-state index in [4.69, 9.17) is 10.5 Å². The van der Waals surface area contributed by atoms with Crippen LogP contribution in [0.2, 0.25) is 0 Å². The minimum Gasteiger partial charge on any atom is -0.365 e. The molecule has 5 N–H and O–H groups in total. The Hall–Kier alpha value is -2.09. The van der Waals surface area contributed by atoms with E-state index < -0.39 is 21.7 Å². The molecule has 0 fully saturated rings. The van der Waals surface area contributed by atoms with Gasteiger partial charge in [0.15, 0.2) is 11.5 Å². The van der Waals surface area contributed by atoms with Crippen molar-refractivity contribution in [2.24, 2.45) is 5.14 Å². The smallest absolute Gasteiger partial charge is 0.209 e. The number of nitrogens with zero attached hydrogens (tertiary/aromatic N) is 3. The Morgan fingerprint density at radius 1 is 1.48 bits per heavy atom. The number of halogens is 2. The maximum absolute atomic E-state index is 13.3. The van der Waals surface area contributed by atoms with Crippen LogP contribution in [0.25, 0.3) is 0 Å². The molecule has 0 saturated carbocycles. The summed E-state index contributed by atoms with van der Waals surface area (Å²) in [5.74, 6) is -1.19. The summed E-state index contributed by atoms with van der Waals surface area (Å²) in [6, 6.07) is 3.65. The van der Waals surface area contributed by atoms with Crippen molar-refractivity contribution in [1.29, 1.82) is 5.41 Å². The quantitative estimate of drug-likeness (QED) is 0.218. The van der Waals surface area contributed by atoms with Crippen molar-refractivity contribution in [2.75, 3.05) is 22.7 Å². The van der Waals surface area contributed by atoms with Crippen LogP contribution in [0.1, 0.15) is 12.1 Å². The Kier molecular flexibility index (Phi) is 6.05. The Morgan fingerprint density at radius 3 is 2.84 bits per heavy atom. The topological polar surface area (TPSA) is 158 Å². The fourth-order valence-electron chi connectivity index (χ4n) is 1.79. The second kappa shape index (κ2) is 7.86. The minimum atomic E-state index is -3.57. The van der Waals surface area contributed by atoms with E-state index in [9.17, 15) is 18.0 Å². The molecule has 0 spiro atoms. The van der Waals surface area contributed by atoms with E-state index >= 15 is 0 Å². The van der Waals surface area contributed by atoms with Crippen LogP contribution in [0.15, 0.2) is 27.3 Å². The second-order valence-corrected chi connectivity index (χ2v) is 7.46. The summed E-state index contributed by atoms with van der Waals surface area (Å²) >= 11 is 2.98. The average molecular weight is 437 g/mol. The molecule has 0 amide bonds. The lowest BCUT2D eigenvalue weighted by Crippen LogP contribution is -2.28. The third-order valence-corrected chi connectivity index (χ3v) is 4.44. The van der Waals surface area contributed by atoms with E-state index in [1.54, 1.807) is 0 Å². The summed E-state index contributed by atoms with van der Waals surface area (Å²) in [5.41, 5.74) is 0.00000296. The molecule has 2 aromatic rings. The molecule has 0 aliphatic rings. The van der Waals surface area contributed by atoms with E-state index in [1.165, 1.54) is 12.1 Å². The van der Waals surface area contributed by atoms with Gasteiger partial charge >= 0.3 is 0 Å². The number of anilines is 2. The highest BCUT2D eigenvalue weighted by atomic mass is 79.9. The van der Waals surface area contributed by atoms with Crippen LogP contribution in [0.4, 0.5) is 15.9 Å². The molecule has 10 nitrogen and oxygen atoms in total. The van der Waals surface area contributed by atoms with E-state index in [-0.39, 0.29) is 40.4 Å². The molecule has 25 heavy (non-hydrogen) atoms. The lowest BCUT2D eigenvalue weighted by molar-refractivity contribution is 0.300. The number of sulfonamides is 1. The van der Waals surface area contributed by atoms with E-state index in [2.05, 4.69) is 36.2 Å². The van der Waals surface area contributed by atoms with E-state index in [0.717, 1.165) is 6.07 Å².